The molecule has 1 rings (SSSR count). The molecule has 0 aliphatic heterocycles. The van der Waals surface area contributed by atoms with Gasteiger partial charge in [0.15, 0.2) is 0 Å². The lowest BCUT2D eigenvalue weighted by Crippen LogP contribution is -2.36. The maximum Gasteiger partial charge on any atom is 0.239 e. The first kappa shape index (κ1) is 12.2. The number of pyridine rings is 1. The number of nitrogens with one attached hydrogen (secondary N) is 2. The normalized spacial score (nSPS) is 9.56. The van der Waals surface area contributed by atoms with Crippen LogP contribution in [-0.2, 0) is 16.1 Å². The molecule has 2 N–H and O–H groups in total. The van der Waals surface area contributed by atoms with E-state index in [9.17, 15) is 9.59 Å². The molecule has 0 aliphatic rings. The number of aromatic nitrogens is 1. The fraction of sp³-hybridized carbons (Fsp3) is 0.364. The van der Waals surface area contributed by atoms with E-state index in [0.29, 0.717) is 13.0 Å². The highest BCUT2D eigenvalue weighted by molar-refractivity contribution is 5.84. The van der Waals surface area contributed by atoms with Gasteiger partial charge in [0.2, 0.25) is 11.8 Å². The van der Waals surface area contributed by atoms with E-state index in [2.05, 4.69) is 15.6 Å². The molecule has 0 spiro atoms. The Balaban J connectivity index is 2.23. The van der Waals surface area contributed by atoms with E-state index >= 15 is 0 Å². The molecule has 16 heavy (non-hydrogen) atoms. The average molecular weight is 221 g/mol. The van der Waals surface area contributed by atoms with Crippen molar-refractivity contribution in [2.24, 2.45) is 0 Å². The number of hydrogen-bond donors (Lipinski definition) is 2. The zero-order valence-corrected chi connectivity index (χ0v) is 9.19. The molecular formula is C11H15N3O2. The molecule has 0 saturated heterocycles. The lowest BCUT2D eigenvalue weighted by molar-refractivity contribution is -0.126. The third-order valence-corrected chi connectivity index (χ3v) is 1.96. The Labute approximate surface area is 94.3 Å². The number of hydrogen-bond acceptors (Lipinski definition) is 3. The third kappa shape index (κ3) is 4.54. The van der Waals surface area contributed by atoms with Crippen LogP contribution >= 0.6 is 0 Å². The Hall–Kier alpha value is -1.91. The maximum atomic E-state index is 11.3. The topological polar surface area (TPSA) is 71.1 Å². The van der Waals surface area contributed by atoms with Gasteiger partial charge in [0.1, 0.15) is 0 Å². The Bertz CT molecular complexity index is 352. The van der Waals surface area contributed by atoms with Gasteiger partial charge in [0.05, 0.1) is 18.8 Å². The summed E-state index contributed by atoms with van der Waals surface area (Å²) < 4.78 is 0. The van der Waals surface area contributed by atoms with Crippen LogP contribution in [-0.4, -0.2) is 23.3 Å². The van der Waals surface area contributed by atoms with E-state index in [1.807, 2.05) is 18.2 Å². The zero-order chi connectivity index (χ0) is 11.8. The van der Waals surface area contributed by atoms with Gasteiger partial charge < -0.3 is 10.6 Å². The summed E-state index contributed by atoms with van der Waals surface area (Å²) in [6.45, 7) is 2.13. The van der Waals surface area contributed by atoms with Crippen molar-refractivity contribution >= 4 is 11.8 Å². The van der Waals surface area contributed by atoms with Gasteiger partial charge in [-0.15, -0.1) is 0 Å². The number of carbonyl (C=O) groups excluding carboxylic acids is 2. The van der Waals surface area contributed by atoms with E-state index in [1.165, 1.54) is 0 Å². The Kier molecular flexibility index (Phi) is 4.98. The molecule has 2 amide bonds. The van der Waals surface area contributed by atoms with Crippen LogP contribution in [0.2, 0.25) is 0 Å². The van der Waals surface area contributed by atoms with Crippen molar-refractivity contribution in [3.8, 4) is 0 Å². The molecular weight excluding hydrogens is 206 g/mol. The van der Waals surface area contributed by atoms with Crippen LogP contribution < -0.4 is 10.6 Å². The number of nitrogens with zero attached hydrogens (tertiary/aromatic N) is 1. The Morgan fingerprint density at radius 1 is 1.25 bits per heavy atom. The van der Waals surface area contributed by atoms with Gasteiger partial charge in [-0.1, -0.05) is 13.0 Å². The van der Waals surface area contributed by atoms with Crippen molar-refractivity contribution in [2.75, 3.05) is 6.54 Å². The van der Waals surface area contributed by atoms with Gasteiger partial charge in [-0.05, 0) is 12.1 Å². The van der Waals surface area contributed by atoms with Crippen molar-refractivity contribution in [2.45, 2.75) is 19.9 Å². The van der Waals surface area contributed by atoms with Crippen LogP contribution in [0.1, 0.15) is 19.0 Å². The van der Waals surface area contributed by atoms with E-state index in [1.54, 1.807) is 13.1 Å². The van der Waals surface area contributed by atoms with Gasteiger partial charge in [-0.2, -0.15) is 0 Å². The van der Waals surface area contributed by atoms with E-state index < -0.39 is 0 Å². The molecule has 5 heteroatoms. The second-order valence-corrected chi connectivity index (χ2v) is 3.23. The van der Waals surface area contributed by atoms with Crippen LogP contribution in [0.25, 0.3) is 0 Å². The summed E-state index contributed by atoms with van der Waals surface area (Å²) in [7, 11) is 0. The molecule has 0 saturated carbocycles. The van der Waals surface area contributed by atoms with Crippen molar-refractivity contribution in [3.63, 3.8) is 0 Å². The van der Waals surface area contributed by atoms with Crippen molar-refractivity contribution in [3.05, 3.63) is 30.1 Å². The number of rotatable bonds is 5. The molecule has 1 aromatic rings. The molecule has 0 bridgehead atoms. The maximum absolute atomic E-state index is 11.3. The first-order valence-electron chi connectivity index (χ1n) is 5.15. The summed E-state index contributed by atoms with van der Waals surface area (Å²) in [5.74, 6) is -0.347. The summed E-state index contributed by atoms with van der Waals surface area (Å²) in [4.78, 5) is 26.2. The largest absolute Gasteiger partial charge is 0.349 e. The first-order valence-corrected chi connectivity index (χ1v) is 5.15. The van der Waals surface area contributed by atoms with Crippen LogP contribution in [0.5, 0.6) is 0 Å². The van der Waals surface area contributed by atoms with Gasteiger partial charge in [-0.3, -0.25) is 14.6 Å². The second-order valence-electron chi connectivity index (χ2n) is 3.23. The van der Waals surface area contributed by atoms with Gasteiger partial charge >= 0.3 is 0 Å². The summed E-state index contributed by atoms with van der Waals surface area (Å²) in [6, 6.07) is 5.49. The molecule has 1 heterocycles. The minimum absolute atomic E-state index is 0.0134. The monoisotopic (exact) mass is 221 g/mol. The highest BCUT2D eigenvalue weighted by Crippen LogP contribution is 1.91. The predicted molar refractivity (Wildman–Crippen MR) is 59.4 cm³/mol. The number of amides is 2. The lowest BCUT2D eigenvalue weighted by atomic mass is 10.3. The van der Waals surface area contributed by atoms with E-state index in [4.69, 9.17) is 0 Å². The lowest BCUT2D eigenvalue weighted by Gasteiger charge is -2.05. The van der Waals surface area contributed by atoms with Gasteiger partial charge in [-0.25, -0.2) is 0 Å². The van der Waals surface area contributed by atoms with Crippen molar-refractivity contribution in [1.82, 2.24) is 15.6 Å². The highest BCUT2D eigenvalue weighted by Gasteiger charge is 2.03. The van der Waals surface area contributed by atoms with E-state index in [0.717, 1.165) is 5.69 Å². The summed E-state index contributed by atoms with van der Waals surface area (Å²) >= 11 is 0. The first-order chi connectivity index (χ1) is 7.72. The van der Waals surface area contributed by atoms with Crippen LogP contribution in [0, 0.1) is 0 Å². The van der Waals surface area contributed by atoms with E-state index in [-0.39, 0.29) is 18.4 Å². The quantitative estimate of drug-likeness (QED) is 0.747. The van der Waals surface area contributed by atoms with Crippen molar-refractivity contribution in [1.29, 1.82) is 0 Å². The zero-order valence-electron chi connectivity index (χ0n) is 9.19. The molecule has 1 aromatic heterocycles. The van der Waals surface area contributed by atoms with Crippen molar-refractivity contribution < 1.29 is 9.59 Å². The number of carbonyl (C=O) groups is 2. The van der Waals surface area contributed by atoms with Crippen LogP contribution in [0.15, 0.2) is 24.4 Å². The second kappa shape index (κ2) is 6.55. The minimum atomic E-state index is -0.215. The molecule has 0 atom stereocenters. The average Bonchev–Trinajstić information content (AvgIpc) is 2.34. The summed E-state index contributed by atoms with van der Waals surface area (Å²) in [5, 5.41) is 5.16. The van der Waals surface area contributed by atoms with Gasteiger partial charge in [0, 0.05) is 12.6 Å². The summed E-state index contributed by atoms with van der Waals surface area (Å²) in [6.07, 6.45) is 2.05. The molecule has 0 fully saturated rings. The fourth-order valence-corrected chi connectivity index (χ4v) is 1.06. The molecule has 0 radical (unpaired) electrons. The van der Waals surface area contributed by atoms with Crippen LogP contribution in [0.4, 0.5) is 0 Å². The third-order valence-electron chi connectivity index (χ3n) is 1.96. The Morgan fingerprint density at radius 2 is 2.06 bits per heavy atom. The molecule has 86 valence electrons. The molecule has 0 aliphatic carbocycles. The van der Waals surface area contributed by atoms with Crippen LogP contribution in [0.3, 0.4) is 0 Å². The SMILES string of the molecule is CCC(=O)NCC(=O)NCc1ccccn1. The highest BCUT2D eigenvalue weighted by atomic mass is 16.2. The predicted octanol–water partition coefficient (Wildman–Crippen LogP) is 0.224. The molecule has 0 aromatic carbocycles. The molecule has 5 nitrogen and oxygen atoms in total. The smallest absolute Gasteiger partial charge is 0.239 e. The fourth-order valence-electron chi connectivity index (χ4n) is 1.06. The summed E-state index contributed by atoms with van der Waals surface area (Å²) in [5.41, 5.74) is 0.790. The standard InChI is InChI=1S/C11H15N3O2/c1-2-10(15)14-8-11(16)13-7-9-5-3-4-6-12-9/h3-6H,2,7-8H2,1H3,(H,13,16)(H,14,15). The minimum Gasteiger partial charge on any atom is -0.349 e. The molecule has 0 unspecified atom stereocenters. The van der Waals surface area contributed by atoms with Gasteiger partial charge in [0.25, 0.3) is 0 Å². The Morgan fingerprint density at radius 3 is 2.69 bits per heavy atom.